The molecule has 98 valence electrons. The third-order valence-corrected chi connectivity index (χ3v) is 2.74. The van der Waals surface area contributed by atoms with Crippen LogP contribution in [-0.4, -0.2) is 53.8 Å². The molecule has 0 aliphatic carbocycles. The number of carbonyl (C=O) groups is 2. The molecule has 1 unspecified atom stereocenters. The van der Waals surface area contributed by atoms with Gasteiger partial charge in [-0.15, -0.1) is 0 Å². The minimum absolute atomic E-state index is 0.0440. The van der Waals surface area contributed by atoms with Gasteiger partial charge < -0.3 is 20.1 Å². The minimum Gasteiger partial charge on any atom is -0.480 e. The van der Waals surface area contributed by atoms with Crippen molar-refractivity contribution in [1.82, 2.24) is 10.2 Å². The topological polar surface area (TPSA) is 78.9 Å². The van der Waals surface area contributed by atoms with Crippen LogP contribution in [0.1, 0.15) is 26.7 Å². The summed E-state index contributed by atoms with van der Waals surface area (Å²) in [6.45, 7) is 4.28. The van der Waals surface area contributed by atoms with Gasteiger partial charge in [-0.25, -0.2) is 4.79 Å². The Bertz CT molecular complexity index is 304. The second-order valence-electron chi connectivity index (χ2n) is 5.00. The Balaban J connectivity index is 2.43. The van der Waals surface area contributed by atoms with Gasteiger partial charge >= 0.3 is 12.0 Å². The molecular formula is C11H20N2O4. The Morgan fingerprint density at radius 1 is 1.53 bits per heavy atom. The third-order valence-electron chi connectivity index (χ3n) is 2.74. The summed E-state index contributed by atoms with van der Waals surface area (Å²) in [4.78, 5) is 23.3. The molecule has 0 spiro atoms. The number of carboxylic acid groups (broad SMARTS) is 1. The molecule has 1 fully saturated rings. The van der Waals surface area contributed by atoms with E-state index in [1.54, 1.807) is 0 Å². The van der Waals surface area contributed by atoms with Gasteiger partial charge in [0.2, 0.25) is 0 Å². The van der Waals surface area contributed by atoms with Crippen molar-refractivity contribution in [1.29, 1.82) is 0 Å². The Morgan fingerprint density at radius 2 is 2.18 bits per heavy atom. The zero-order chi connectivity index (χ0) is 13.1. The maximum Gasteiger partial charge on any atom is 0.323 e. The molecule has 6 nitrogen and oxygen atoms in total. The molecule has 0 aromatic carbocycles. The number of urea groups is 1. The van der Waals surface area contributed by atoms with Crippen LogP contribution in [-0.2, 0) is 9.53 Å². The van der Waals surface area contributed by atoms with E-state index in [4.69, 9.17) is 9.84 Å². The van der Waals surface area contributed by atoms with Crippen molar-refractivity contribution in [3.8, 4) is 0 Å². The number of carboxylic acids is 1. The summed E-state index contributed by atoms with van der Waals surface area (Å²) < 4.78 is 5.54. The van der Waals surface area contributed by atoms with Gasteiger partial charge in [0.1, 0.15) is 6.54 Å². The summed E-state index contributed by atoms with van der Waals surface area (Å²) in [5.41, 5.74) is -0.235. The fraction of sp³-hybridized carbons (Fsp3) is 0.818. The van der Waals surface area contributed by atoms with E-state index in [0.29, 0.717) is 6.61 Å². The van der Waals surface area contributed by atoms with Crippen molar-refractivity contribution in [2.24, 2.45) is 0 Å². The number of aliphatic carboxylic acids is 1. The highest BCUT2D eigenvalue weighted by atomic mass is 16.5. The highest BCUT2D eigenvalue weighted by molar-refractivity contribution is 5.79. The molecule has 1 saturated heterocycles. The SMILES string of the molecule is CN(CC(=O)O)C(=O)NC1CCOC(C)(C)C1. The lowest BCUT2D eigenvalue weighted by molar-refractivity contribution is -0.137. The summed E-state index contributed by atoms with van der Waals surface area (Å²) in [5.74, 6) is -1.02. The van der Waals surface area contributed by atoms with Gasteiger partial charge in [-0.2, -0.15) is 0 Å². The molecule has 0 saturated carbocycles. The van der Waals surface area contributed by atoms with Crippen molar-refractivity contribution in [2.45, 2.75) is 38.3 Å². The molecule has 1 atom stereocenters. The number of rotatable bonds is 3. The first-order valence-electron chi connectivity index (χ1n) is 5.67. The van der Waals surface area contributed by atoms with Crippen LogP contribution in [0.3, 0.4) is 0 Å². The van der Waals surface area contributed by atoms with Gasteiger partial charge in [0.25, 0.3) is 0 Å². The Hall–Kier alpha value is -1.30. The van der Waals surface area contributed by atoms with Gasteiger partial charge in [-0.1, -0.05) is 0 Å². The van der Waals surface area contributed by atoms with Gasteiger partial charge in [0, 0.05) is 19.7 Å². The highest BCUT2D eigenvalue weighted by Gasteiger charge is 2.30. The Kier molecular flexibility index (Phi) is 4.34. The van der Waals surface area contributed by atoms with E-state index < -0.39 is 5.97 Å². The van der Waals surface area contributed by atoms with Crippen LogP contribution in [0.25, 0.3) is 0 Å². The molecule has 0 aromatic rings. The number of hydrogen-bond donors (Lipinski definition) is 2. The fourth-order valence-electron chi connectivity index (χ4n) is 1.91. The lowest BCUT2D eigenvalue weighted by Gasteiger charge is -2.36. The summed E-state index contributed by atoms with van der Waals surface area (Å²) in [6, 6.07) is -0.308. The lowest BCUT2D eigenvalue weighted by atomic mass is 9.94. The Labute approximate surface area is 101 Å². The first kappa shape index (κ1) is 13.8. The van der Waals surface area contributed by atoms with E-state index in [9.17, 15) is 9.59 Å². The fourth-order valence-corrected chi connectivity index (χ4v) is 1.91. The molecule has 1 heterocycles. The van der Waals surface area contributed by atoms with Crippen molar-refractivity contribution in [3.63, 3.8) is 0 Å². The molecule has 6 heteroatoms. The van der Waals surface area contributed by atoms with Crippen LogP contribution >= 0.6 is 0 Å². The highest BCUT2D eigenvalue weighted by Crippen LogP contribution is 2.23. The summed E-state index contributed by atoms with van der Waals surface area (Å²) in [5, 5.41) is 11.4. The number of nitrogens with one attached hydrogen (secondary N) is 1. The molecular weight excluding hydrogens is 224 g/mol. The molecule has 0 aromatic heterocycles. The second kappa shape index (κ2) is 5.35. The quantitative estimate of drug-likeness (QED) is 0.764. The Morgan fingerprint density at radius 3 is 2.71 bits per heavy atom. The van der Waals surface area contributed by atoms with E-state index in [1.807, 2.05) is 13.8 Å². The first-order chi connectivity index (χ1) is 7.80. The van der Waals surface area contributed by atoms with Gasteiger partial charge in [0.15, 0.2) is 0 Å². The average Bonchev–Trinajstić information content (AvgIpc) is 2.14. The maximum absolute atomic E-state index is 11.7. The van der Waals surface area contributed by atoms with Crippen LogP contribution in [0.5, 0.6) is 0 Å². The number of hydrogen-bond acceptors (Lipinski definition) is 3. The number of likely N-dealkylation sites (N-methyl/N-ethyl adjacent to an activating group) is 1. The standard InChI is InChI=1S/C11H20N2O4/c1-11(2)6-8(4-5-17-11)12-10(16)13(3)7-9(14)15/h8H,4-7H2,1-3H3,(H,12,16)(H,14,15). The van der Waals surface area contributed by atoms with Gasteiger partial charge in [-0.3, -0.25) is 4.79 Å². The van der Waals surface area contributed by atoms with Gasteiger partial charge in [0.05, 0.1) is 5.60 Å². The van der Waals surface area contributed by atoms with Crippen molar-refractivity contribution >= 4 is 12.0 Å². The molecule has 2 amide bonds. The number of ether oxygens (including phenoxy) is 1. The molecule has 0 radical (unpaired) electrons. The lowest BCUT2D eigenvalue weighted by Crippen LogP contribution is -2.50. The van der Waals surface area contributed by atoms with E-state index in [1.165, 1.54) is 7.05 Å². The molecule has 0 bridgehead atoms. The van der Waals surface area contributed by atoms with E-state index in [2.05, 4.69) is 5.32 Å². The second-order valence-corrected chi connectivity index (χ2v) is 5.00. The third kappa shape index (κ3) is 4.60. The van der Waals surface area contributed by atoms with Crippen molar-refractivity contribution in [2.75, 3.05) is 20.2 Å². The van der Waals surface area contributed by atoms with Crippen molar-refractivity contribution in [3.05, 3.63) is 0 Å². The van der Waals surface area contributed by atoms with Crippen LogP contribution in [0.15, 0.2) is 0 Å². The number of amides is 2. The molecule has 1 rings (SSSR count). The molecule has 1 aliphatic heterocycles. The minimum atomic E-state index is -1.02. The molecule has 1 aliphatic rings. The van der Waals surface area contributed by atoms with E-state index in [0.717, 1.165) is 17.7 Å². The van der Waals surface area contributed by atoms with E-state index in [-0.39, 0.29) is 24.2 Å². The summed E-state index contributed by atoms with van der Waals surface area (Å²) in [6.07, 6.45) is 1.50. The maximum atomic E-state index is 11.7. The van der Waals surface area contributed by atoms with Gasteiger partial charge in [-0.05, 0) is 26.7 Å². The zero-order valence-corrected chi connectivity index (χ0v) is 10.5. The summed E-state index contributed by atoms with van der Waals surface area (Å²) in [7, 11) is 1.47. The van der Waals surface area contributed by atoms with E-state index >= 15 is 0 Å². The monoisotopic (exact) mass is 244 g/mol. The van der Waals surface area contributed by atoms with Crippen LogP contribution in [0.2, 0.25) is 0 Å². The number of carbonyl (C=O) groups excluding carboxylic acids is 1. The van der Waals surface area contributed by atoms with Crippen LogP contribution < -0.4 is 5.32 Å². The van der Waals surface area contributed by atoms with Crippen molar-refractivity contribution < 1.29 is 19.4 Å². The number of nitrogens with zero attached hydrogens (tertiary/aromatic N) is 1. The molecule has 2 N–H and O–H groups in total. The average molecular weight is 244 g/mol. The normalized spacial score (nSPS) is 22.9. The largest absolute Gasteiger partial charge is 0.480 e. The smallest absolute Gasteiger partial charge is 0.323 e. The molecule has 17 heavy (non-hydrogen) atoms. The predicted molar refractivity (Wildman–Crippen MR) is 61.9 cm³/mol. The first-order valence-corrected chi connectivity index (χ1v) is 5.67. The van der Waals surface area contributed by atoms with Crippen LogP contribution in [0.4, 0.5) is 4.79 Å². The zero-order valence-electron chi connectivity index (χ0n) is 10.5. The van der Waals surface area contributed by atoms with Crippen LogP contribution in [0, 0.1) is 0 Å². The predicted octanol–water partition coefficient (Wildman–Crippen LogP) is 0.670. The summed E-state index contributed by atoms with van der Waals surface area (Å²) >= 11 is 0.